The minimum Gasteiger partial charge on any atom is -0.310 e. The number of carbonyl (C=O) groups is 2. The number of fused-ring (bicyclic) bond motifs is 6. The molecule has 0 bridgehead atoms. The summed E-state index contributed by atoms with van der Waals surface area (Å²) < 4.78 is 0. The highest BCUT2D eigenvalue weighted by Crippen LogP contribution is 2.50. The third-order valence-corrected chi connectivity index (χ3v) is 10.3. The fourth-order valence-corrected chi connectivity index (χ4v) is 8.02. The molecule has 0 heterocycles. The molecule has 8 aromatic rings. The molecule has 4 nitrogen and oxygen atoms in total. The maximum Gasteiger partial charge on any atom is 0.194 e. The van der Waals surface area contributed by atoms with Crippen LogP contribution in [0.1, 0.15) is 31.8 Å². The van der Waals surface area contributed by atoms with Crippen molar-refractivity contribution < 1.29 is 9.59 Å². The van der Waals surface area contributed by atoms with Crippen molar-refractivity contribution >= 4 is 56.5 Å². The van der Waals surface area contributed by atoms with Crippen LogP contribution < -0.4 is 9.80 Å². The van der Waals surface area contributed by atoms with E-state index in [-0.39, 0.29) is 11.6 Å². The Morgan fingerprint density at radius 3 is 1.23 bits per heavy atom. The van der Waals surface area contributed by atoms with Gasteiger partial charge in [-0.3, -0.25) is 9.59 Å². The van der Waals surface area contributed by atoms with Gasteiger partial charge in [0.2, 0.25) is 0 Å². The Labute approximate surface area is 301 Å². The molecule has 244 valence electrons. The lowest BCUT2D eigenvalue weighted by Gasteiger charge is -2.28. The molecule has 0 unspecified atom stereocenters. The number of para-hydroxylation sites is 4. The molecule has 0 aliphatic heterocycles. The molecule has 0 fully saturated rings. The predicted octanol–water partition coefficient (Wildman–Crippen LogP) is 12.2. The normalized spacial score (nSPS) is 12.3. The van der Waals surface area contributed by atoms with Crippen molar-refractivity contribution in [3.05, 3.63) is 204 Å². The summed E-state index contributed by atoms with van der Waals surface area (Å²) >= 11 is 0. The van der Waals surface area contributed by atoms with Gasteiger partial charge in [0.15, 0.2) is 11.6 Å². The van der Waals surface area contributed by atoms with Gasteiger partial charge < -0.3 is 9.80 Å². The van der Waals surface area contributed by atoms with Crippen molar-refractivity contribution in [2.24, 2.45) is 0 Å². The van der Waals surface area contributed by atoms with Gasteiger partial charge in [-0.1, -0.05) is 103 Å². The monoisotopic (exact) mass is 666 g/mol. The van der Waals surface area contributed by atoms with Gasteiger partial charge in [0.05, 0.1) is 0 Å². The van der Waals surface area contributed by atoms with Crippen LogP contribution in [0.25, 0.3) is 33.0 Å². The number of hydrogen-bond donors (Lipinski definition) is 0. The van der Waals surface area contributed by atoms with Crippen molar-refractivity contribution in [2.45, 2.75) is 0 Å². The number of nitrogens with zero attached hydrogens (tertiary/aromatic N) is 2. The third kappa shape index (κ3) is 4.55. The predicted molar refractivity (Wildman–Crippen MR) is 211 cm³/mol. The highest BCUT2D eigenvalue weighted by atomic mass is 16.1. The summed E-state index contributed by atoms with van der Waals surface area (Å²) in [6, 6.07) is 61.0. The minimum atomic E-state index is -0.0165. The minimum absolute atomic E-state index is 0.00845. The van der Waals surface area contributed by atoms with Crippen LogP contribution in [0.2, 0.25) is 0 Å². The van der Waals surface area contributed by atoms with Gasteiger partial charge in [-0.15, -0.1) is 0 Å². The van der Waals surface area contributed by atoms with Crippen molar-refractivity contribution in [2.75, 3.05) is 9.80 Å². The fraction of sp³-hybridized carbons (Fsp3) is 0. The van der Waals surface area contributed by atoms with E-state index >= 15 is 0 Å². The van der Waals surface area contributed by atoms with E-state index < -0.39 is 0 Å². The lowest BCUT2D eigenvalue weighted by molar-refractivity contribution is 0.103. The van der Waals surface area contributed by atoms with Gasteiger partial charge in [-0.2, -0.15) is 0 Å². The molecule has 0 saturated heterocycles. The van der Waals surface area contributed by atoms with Gasteiger partial charge in [-0.25, -0.2) is 0 Å². The molecule has 0 N–H and O–H groups in total. The lowest BCUT2D eigenvalue weighted by atomic mass is 9.80. The van der Waals surface area contributed by atoms with Crippen LogP contribution in [0.3, 0.4) is 0 Å². The second-order valence-electron chi connectivity index (χ2n) is 13.2. The Morgan fingerprint density at radius 2 is 0.731 bits per heavy atom. The standard InChI is InChI=1S/C48H30N2O2/c51-47-40-23-13-22-39-45-38-27-25-36(50(33-18-9-3-10-19-33)34-20-11-4-12-21-34)29-43(38)48(52)44(45)30-41(46(39)40)37-26-24-35(28-42(37)47)49(31-14-5-1-6-15-31)32-16-7-2-8-17-32/h1-30H. The number of ketones is 2. The van der Waals surface area contributed by atoms with Crippen molar-refractivity contribution in [1.82, 2.24) is 0 Å². The summed E-state index contributed by atoms with van der Waals surface area (Å²) in [4.78, 5) is 33.3. The Morgan fingerprint density at radius 1 is 0.288 bits per heavy atom. The van der Waals surface area contributed by atoms with Gasteiger partial charge in [0.1, 0.15) is 0 Å². The topological polar surface area (TPSA) is 40.6 Å². The van der Waals surface area contributed by atoms with Gasteiger partial charge >= 0.3 is 0 Å². The summed E-state index contributed by atoms with van der Waals surface area (Å²) in [5.74, 6) is -0.0249. The number of hydrogen-bond acceptors (Lipinski definition) is 4. The number of rotatable bonds is 6. The number of anilines is 6. The quantitative estimate of drug-likeness (QED) is 0.177. The molecular weight excluding hydrogens is 637 g/mol. The number of carbonyl (C=O) groups excluding carboxylic acids is 2. The molecule has 2 aliphatic rings. The average molecular weight is 667 g/mol. The van der Waals surface area contributed by atoms with Crippen LogP contribution in [0.15, 0.2) is 182 Å². The molecule has 52 heavy (non-hydrogen) atoms. The van der Waals surface area contributed by atoms with E-state index in [2.05, 4.69) is 82.6 Å². The van der Waals surface area contributed by atoms with E-state index in [1.807, 2.05) is 109 Å². The molecule has 0 atom stereocenters. The Balaban J connectivity index is 1.13. The lowest BCUT2D eigenvalue weighted by Crippen LogP contribution is -2.14. The van der Waals surface area contributed by atoms with Crippen LogP contribution >= 0.6 is 0 Å². The molecular formula is C48H30N2O2. The first kappa shape index (κ1) is 29.8. The second-order valence-corrected chi connectivity index (χ2v) is 13.2. The maximum atomic E-state index is 14.5. The summed E-state index contributed by atoms with van der Waals surface area (Å²) in [5, 5.41) is 1.82. The highest BCUT2D eigenvalue weighted by Gasteiger charge is 2.35. The van der Waals surface area contributed by atoms with Crippen LogP contribution in [-0.2, 0) is 0 Å². The third-order valence-electron chi connectivity index (χ3n) is 10.3. The van der Waals surface area contributed by atoms with E-state index in [9.17, 15) is 9.59 Å². The van der Waals surface area contributed by atoms with Crippen molar-refractivity contribution in [3.8, 4) is 22.3 Å². The van der Waals surface area contributed by atoms with E-state index in [1.165, 1.54) is 0 Å². The van der Waals surface area contributed by atoms with Crippen LogP contribution in [0.5, 0.6) is 0 Å². The SMILES string of the molecule is O=C1c2cc(N(c3ccccc3)c3ccccc3)ccc2-c2c1cc1c3c(cccc23)C(=O)c2cc(N(c3ccccc3)c3ccccc3)ccc2-1. The summed E-state index contributed by atoms with van der Waals surface area (Å²) in [5.41, 5.74) is 11.9. The van der Waals surface area contributed by atoms with Gasteiger partial charge in [0, 0.05) is 67.3 Å². The van der Waals surface area contributed by atoms with Crippen molar-refractivity contribution in [1.29, 1.82) is 0 Å². The van der Waals surface area contributed by atoms with E-state index in [4.69, 9.17) is 0 Å². The van der Waals surface area contributed by atoms with Crippen LogP contribution in [0, 0.1) is 0 Å². The fourth-order valence-electron chi connectivity index (χ4n) is 8.02. The molecule has 4 heteroatoms. The molecule has 2 aliphatic carbocycles. The highest BCUT2D eigenvalue weighted by molar-refractivity contribution is 6.33. The second kappa shape index (κ2) is 11.8. The zero-order valence-corrected chi connectivity index (χ0v) is 28.0. The first-order valence-electron chi connectivity index (χ1n) is 17.4. The van der Waals surface area contributed by atoms with E-state index in [1.54, 1.807) is 0 Å². The molecule has 0 radical (unpaired) electrons. The Kier molecular flexibility index (Phi) is 6.76. The van der Waals surface area contributed by atoms with Crippen molar-refractivity contribution in [3.63, 3.8) is 0 Å². The van der Waals surface area contributed by atoms with Crippen LogP contribution in [0.4, 0.5) is 34.1 Å². The smallest absolute Gasteiger partial charge is 0.194 e. The first-order chi connectivity index (χ1) is 25.7. The maximum absolute atomic E-state index is 14.5. The number of benzene rings is 8. The Bertz CT molecular complexity index is 2630. The van der Waals surface area contributed by atoms with E-state index in [0.29, 0.717) is 22.3 Å². The first-order valence-corrected chi connectivity index (χ1v) is 17.4. The zero-order chi connectivity index (χ0) is 34.8. The average Bonchev–Trinajstić information content (AvgIpc) is 3.49. The largest absolute Gasteiger partial charge is 0.310 e. The van der Waals surface area contributed by atoms with Crippen LogP contribution in [-0.4, -0.2) is 11.6 Å². The molecule has 10 rings (SSSR count). The Hall–Kier alpha value is -7.04. The van der Waals surface area contributed by atoms with Gasteiger partial charge in [-0.05, 0) is 101 Å². The molecule has 0 saturated carbocycles. The van der Waals surface area contributed by atoms with E-state index in [0.717, 1.165) is 67.2 Å². The summed E-state index contributed by atoms with van der Waals surface area (Å²) in [6.07, 6.45) is 0. The molecule has 0 aromatic heterocycles. The summed E-state index contributed by atoms with van der Waals surface area (Å²) in [6.45, 7) is 0. The zero-order valence-electron chi connectivity index (χ0n) is 28.0. The van der Waals surface area contributed by atoms with Gasteiger partial charge in [0.25, 0.3) is 0 Å². The summed E-state index contributed by atoms with van der Waals surface area (Å²) in [7, 11) is 0. The molecule has 0 spiro atoms. The molecule has 0 amide bonds. The molecule has 8 aromatic carbocycles.